The van der Waals surface area contributed by atoms with Crippen molar-refractivity contribution in [3.63, 3.8) is 0 Å². The largest absolute Gasteiger partial charge is 0.375 e. The van der Waals surface area contributed by atoms with E-state index in [2.05, 4.69) is 15.4 Å². The summed E-state index contributed by atoms with van der Waals surface area (Å²) in [5.41, 5.74) is 0.417. The van der Waals surface area contributed by atoms with Crippen molar-refractivity contribution in [3.8, 4) is 0 Å². The van der Waals surface area contributed by atoms with Gasteiger partial charge in [-0.3, -0.25) is 4.79 Å². The second kappa shape index (κ2) is 7.86. The van der Waals surface area contributed by atoms with Crippen LogP contribution in [-0.4, -0.2) is 34.0 Å². The topological polar surface area (TPSA) is 87.3 Å². The molecule has 3 N–H and O–H groups in total. The average molecular weight is 299 g/mol. The molecule has 1 aromatic rings. The van der Waals surface area contributed by atoms with Gasteiger partial charge in [-0.25, -0.2) is 13.1 Å². The van der Waals surface area contributed by atoms with E-state index in [0.29, 0.717) is 18.8 Å². The van der Waals surface area contributed by atoms with Gasteiger partial charge >= 0.3 is 0 Å². The summed E-state index contributed by atoms with van der Waals surface area (Å²) < 4.78 is 26.5. The first-order chi connectivity index (χ1) is 9.51. The Labute approximate surface area is 120 Å². The van der Waals surface area contributed by atoms with E-state index in [1.807, 2.05) is 6.92 Å². The number of nitrogens with one attached hydrogen (secondary N) is 3. The van der Waals surface area contributed by atoms with Gasteiger partial charge in [-0.1, -0.05) is 26.0 Å². The lowest BCUT2D eigenvalue weighted by Gasteiger charge is -2.12. The van der Waals surface area contributed by atoms with Crippen LogP contribution in [0.2, 0.25) is 0 Å². The number of para-hydroxylation sites is 1. The monoisotopic (exact) mass is 299 g/mol. The normalized spacial score (nSPS) is 11.1. The van der Waals surface area contributed by atoms with Crippen molar-refractivity contribution >= 4 is 21.6 Å². The van der Waals surface area contributed by atoms with Gasteiger partial charge in [0.2, 0.25) is 15.9 Å². The van der Waals surface area contributed by atoms with Crippen LogP contribution >= 0.6 is 0 Å². The third-order valence-electron chi connectivity index (χ3n) is 2.52. The minimum Gasteiger partial charge on any atom is -0.375 e. The number of amides is 1. The first kappa shape index (κ1) is 16.5. The molecule has 0 unspecified atom stereocenters. The van der Waals surface area contributed by atoms with Gasteiger partial charge in [0.1, 0.15) is 4.90 Å². The summed E-state index contributed by atoms with van der Waals surface area (Å²) in [6, 6.07) is 6.51. The number of sulfonamides is 1. The molecule has 0 radical (unpaired) electrons. The highest BCUT2D eigenvalue weighted by atomic mass is 32.2. The first-order valence-corrected chi connectivity index (χ1v) is 8.08. The molecule has 6 nitrogen and oxygen atoms in total. The third kappa shape index (κ3) is 4.82. The predicted octanol–water partition coefficient (Wildman–Crippen LogP) is 0.923. The highest BCUT2D eigenvalue weighted by Crippen LogP contribution is 2.20. The van der Waals surface area contributed by atoms with Crippen LogP contribution in [0, 0.1) is 0 Å². The van der Waals surface area contributed by atoms with Gasteiger partial charge in [-0.2, -0.15) is 0 Å². The van der Waals surface area contributed by atoms with Crippen molar-refractivity contribution in [1.29, 1.82) is 0 Å². The Kier molecular flexibility index (Phi) is 6.47. The number of carbonyl (C=O) groups is 1. The first-order valence-electron chi connectivity index (χ1n) is 6.60. The van der Waals surface area contributed by atoms with E-state index in [-0.39, 0.29) is 17.3 Å². The zero-order valence-corrected chi connectivity index (χ0v) is 12.6. The quantitative estimate of drug-likeness (QED) is 0.666. The van der Waals surface area contributed by atoms with Gasteiger partial charge in [0, 0.05) is 13.1 Å². The Hall–Kier alpha value is -1.60. The zero-order valence-electron chi connectivity index (χ0n) is 11.8. The highest BCUT2D eigenvalue weighted by Gasteiger charge is 2.17. The van der Waals surface area contributed by atoms with Gasteiger partial charge in [0.05, 0.1) is 12.2 Å². The Morgan fingerprint density at radius 1 is 1.20 bits per heavy atom. The van der Waals surface area contributed by atoms with Crippen molar-refractivity contribution in [2.45, 2.75) is 25.2 Å². The van der Waals surface area contributed by atoms with E-state index in [0.717, 1.165) is 6.42 Å². The lowest BCUT2D eigenvalue weighted by atomic mass is 10.3. The van der Waals surface area contributed by atoms with Gasteiger partial charge in [-0.15, -0.1) is 0 Å². The molecule has 0 aliphatic rings. The molecule has 7 heteroatoms. The smallest absolute Gasteiger partial charge is 0.242 e. The van der Waals surface area contributed by atoms with E-state index in [1.165, 1.54) is 6.07 Å². The lowest BCUT2D eigenvalue weighted by molar-refractivity contribution is -0.119. The van der Waals surface area contributed by atoms with Crippen LogP contribution in [0.4, 0.5) is 5.69 Å². The van der Waals surface area contributed by atoms with E-state index in [4.69, 9.17) is 0 Å². The minimum atomic E-state index is -3.55. The van der Waals surface area contributed by atoms with Crippen LogP contribution in [0.15, 0.2) is 29.2 Å². The molecule has 1 rings (SSSR count). The maximum Gasteiger partial charge on any atom is 0.242 e. The number of rotatable bonds is 8. The minimum absolute atomic E-state index is 0.0403. The molecule has 0 spiro atoms. The summed E-state index contributed by atoms with van der Waals surface area (Å²) >= 11 is 0. The summed E-state index contributed by atoms with van der Waals surface area (Å²) in [5.74, 6) is -0.164. The molecule has 112 valence electrons. The van der Waals surface area contributed by atoms with Crippen LogP contribution in [-0.2, 0) is 14.8 Å². The third-order valence-corrected chi connectivity index (χ3v) is 4.13. The summed E-state index contributed by atoms with van der Waals surface area (Å²) in [6.07, 6.45) is 0.858. The standard InChI is InChI=1S/C13H21N3O3S/c1-3-9-14-13(17)10-15-11-7-5-6-8-12(11)20(18,19)16-4-2/h5-8,15-16H,3-4,9-10H2,1-2H3,(H,14,17). The van der Waals surface area contributed by atoms with Crippen molar-refractivity contribution < 1.29 is 13.2 Å². The van der Waals surface area contributed by atoms with Crippen molar-refractivity contribution in [3.05, 3.63) is 24.3 Å². The summed E-state index contributed by atoms with van der Waals surface area (Å²) in [7, 11) is -3.55. The zero-order chi connectivity index (χ0) is 15.0. The van der Waals surface area contributed by atoms with Gasteiger partial charge in [0.15, 0.2) is 0 Å². The molecule has 1 amide bonds. The highest BCUT2D eigenvalue weighted by molar-refractivity contribution is 7.89. The van der Waals surface area contributed by atoms with Crippen molar-refractivity contribution in [2.75, 3.05) is 25.0 Å². The van der Waals surface area contributed by atoms with Crippen molar-refractivity contribution in [2.24, 2.45) is 0 Å². The summed E-state index contributed by atoms with van der Waals surface area (Å²) in [6.45, 7) is 4.64. The van der Waals surface area contributed by atoms with Crippen LogP contribution in [0.3, 0.4) is 0 Å². The van der Waals surface area contributed by atoms with E-state index < -0.39 is 10.0 Å². The Balaban J connectivity index is 2.79. The number of hydrogen-bond acceptors (Lipinski definition) is 4. The number of hydrogen-bond donors (Lipinski definition) is 3. The molecule has 0 aliphatic heterocycles. The Morgan fingerprint density at radius 3 is 2.55 bits per heavy atom. The fraction of sp³-hybridized carbons (Fsp3) is 0.462. The fourth-order valence-electron chi connectivity index (χ4n) is 1.62. The molecule has 0 aliphatic carbocycles. The molecule has 0 fully saturated rings. The molecule has 0 bridgehead atoms. The molecule has 0 heterocycles. The molecule has 0 atom stereocenters. The maximum absolute atomic E-state index is 12.0. The fourth-order valence-corrected chi connectivity index (χ4v) is 2.84. The molecular weight excluding hydrogens is 278 g/mol. The molecule has 1 aromatic carbocycles. The number of anilines is 1. The van der Waals surface area contributed by atoms with Crippen molar-refractivity contribution in [1.82, 2.24) is 10.0 Å². The predicted molar refractivity (Wildman–Crippen MR) is 79.1 cm³/mol. The second-order valence-corrected chi connectivity index (χ2v) is 5.94. The number of carbonyl (C=O) groups excluding carboxylic acids is 1. The van der Waals surface area contributed by atoms with Crippen LogP contribution < -0.4 is 15.4 Å². The Bertz CT molecular complexity index is 544. The molecule has 0 saturated carbocycles. The SMILES string of the molecule is CCCNC(=O)CNc1ccccc1S(=O)(=O)NCC. The average Bonchev–Trinajstić information content (AvgIpc) is 2.43. The van der Waals surface area contributed by atoms with Crippen LogP contribution in [0.25, 0.3) is 0 Å². The van der Waals surface area contributed by atoms with E-state index in [1.54, 1.807) is 25.1 Å². The van der Waals surface area contributed by atoms with E-state index in [9.17, 15) is 13.2 Å². The number of benzene rings is 1. The Morgan fingerprint density at radius 2 is 1.90 bits per heavy atom. The van der Waals surface area contributed by atoms with Crippen LogP contribution in [0.5, 0.6) is 0 Å². The second-order valence-electron chi connectivity index (χ2n) is 4.20. The van der Waals surface area contributed by atoms with E-state index >= 15 is 0 Å². The molecule has 0 saturated heterocycles. The lowest BCUT2D eigenvalue weighted by Crippen LogP contribution is -2.31. The van der Waals surface area contributed by atoms with Gasteiger partial charge in [-0.05, 0) is 18.6 Å². The van der Waals surface area contributed by atoms with Gasteiger partial charge in [0.25, 0.3) is 0 Å². The molecule has 20 heavy (non-hydrogen) atoms. The maximum atomic E-state index is 12.0. The molecule has 0 aromatic heterocycles. The summed E-state index contributed by atoms with van der Waals surface area (Å²) in [4.78, 5) is 11.7. The van der Waals surface area contributed by atoms with Gasteiger partial charge < -0.3 is 10.6 Å². The van der Waals surface area contributed by atoms with Crippen LogP contribution in [0.1, 0.15) is 20.3 Å². The summed E-state index contributed by atoms with van der Waals surface area (Å²) in [5, 5.41) is 5.57. The molecular formula is C13H21N3O3S.